The molecule has 0 radical (unpaired) electrons. The van der Waals surface area contributed by atoms with Gasteiger partial charge in [0.1, 0.15) is 5.65 Å². The normalized spacial score (nSPS) is 23.1. The molecule has 6 nitrogen and oxygen atoms in total. The minimum atomic E-state index is -0.557. The molecule has 3 rings (SSSR count). The number of hydrogen-bond donors (Lipinski definition) is 2. The molecule has 0 bridgehead atoms. The molecule has 6 heteroatoms. The Morgan fingerprint density at radius 1 is 1.38 bits per heavy atom. The van der Waals surface area contributed by atoms with E-state index in [9.17, 15) is 14.7 Å². The van der Waals surface area contributed by atoms with Crippen LogP contribution in [0, 0.1) is 11.3 Å². The first-order valence-corrected chi connectivity index (χ1v) is 8.28. The Labute approximate surface area is 140 Å². The molecule has 24 heavy (non-hydrogen) atoms. The van der Waals surface area contributed by atoms with Crippen molar-refractivity contribution >= 4 is 11.6 Å². The van der Waals surface area contributed by atoms with Crippen LogP contribution in [0.1, 0.15) is 50.4 Å². The van der Waals surface area contributed by atoms with Crippen LogP contribution in [0.3, 0.4) is 0 Å². The first kappa shape index (κ1) is 16.5. The summed E-state index contributed by atoms with van der Waals surface area (Å²) in [6.45, 7) is 6.54. The summed E-state index contributed by atoms with van der Waals surface area (Å²) in [6.07, 6.45) is 4.38. The average molecular weight is 329 g/mol. The second kappa shape index (κ2) is 5.92. The van der Waals surface area contributed by atoms with Crippen molar-refractivity contribution in [2.45, 2.75) is 46.1 Å². The quantitative estimate of drug-likeness (QED) is 0.886. The minimum absolute atomic E-state index is 0.00785. The first-order valence-electron chi connectivity index (χ1n) is 8.28. The van der Waals surface area contributed by atoms with Crippen molar-refractivity contribution in [2.24, 2.45) is 11.3 Å². The number of amides is 1. The summed E-state index contributed by atoms with van der Waals surface area (Å²) < 4.78 is 1.27. The predicted molar refractivity (Wildman–Crippen MR) is 91.2 cm³/mol. The van der Waals surface area contributed by atoms with E-state index in [1.807, 2.05) is 0 Å². The van der Waals surface area contributed by atoms with Crippen molar-refractivity contribution < 1.29 is 9.90 Å². The topological polar surface area (TPSA) is 83.7 Å². The minimum Gasteiger partial charge on any atom is -0.493 e. The van der Waals surface area contributed by atoms with Crippen LogP contribution in [0.2, 0.25) is 0 Å². The molecule has 0 saturated heterocycles. The van der Waals surface area contributed by atoms with Crippen molar-refractivity contribution in [2.75, 3.05) is 0 Å². The lowest BCUT2D eigenvalue weighted by Crippen LogP contribution is -2.44. The Kier molecular flexibility index (Phi) is 4.07. The van der Waals surface area contributed by atoms with Crippen LogP contribution in [-0.2, 0) is 0 Å². The van der Waals surface area contributed by atoms with Gasteiger partial charge in [-0.1, -0.05) is 26.8 Å². The number of nitrogens with one attached hydrogen (secondary N) is 1. The lowest BCUT2D eigenvalue weighted by molar-refractivity contribution is 0.0869. The number of aromatic nitrogens is 2. The summed E-state index contributed by atoms with van der Waals surface area (Å²) in [4.78, 5) is 29.1. The maximum Gasteiger partial charge on any atom is 0.274 e. The molecular formula is C18H23N3O3. The third kappa shape index (κ3) is 3.13. The highest BCUT2D eigenvalue weighted by atomic mass is 16.3. The summed E-state index contributed by atoms with van der Waals surface area (Å²) in [5, 5.41) is 13.0. The summed E-state index contributed by atoms with van der Waals surface area (Å²) in [7, 11) is 0. The van der Waals surface area contributed by atoms with Gasteiger partial charge < -0.3 is 10.4 Å². The van der Waals surface area contributed by atoms with Crippen LogP contribution in [-0.4, -0.2) is 26.4 Å². The Hall–Kier alpha value is -2.37. The van der Waals surface area contributed by atoms with Crippen molar-refractivity contribution in [3.05, 3.63) is 40.3 Å². The molecule has 0 unspecified atom stereocenters. The van der Waals surface area contributed by atoms with Crippen molar-refractivity contribution in [3.63, 3.8) is 0 Å². The summed E-state index contributed by atoms with van der Waals surface area (Å²) >= 11 is 0. The smallest absolute Gasteiger partial charge is 0.274 e. The molecule has 128 valence electrons. The van der Waals surface area contributed by atoms with Gasteiger partial charge in [-0.05, 0) is 42.7 Å². The fraction of sp³-hybridized carbons (Fsp3) is 0.500. The highest BCUT2D eigenvalue weighted by molar-refractivity contribution is 5.96. The van der Waals surface area contributed by atoms with Crippen LogP contribution >= 0.6 is 0 Å². The van der Waals surface area contributed by atoms with E-state index >= 15 is 0 Å². The second-order valence-corrected chi connectivity index (χ2v) is 7.63. The van der Waals surface area contributed by atoms with Gasteiger partial charge in [-0.2, -0.15) is 4.98 Å². The number of carbonyl (C=O) groups excluding carboxylic acids is 1. The van der Waals surface area contributed by atoms with Crippen molar-refractivity contribution in [3.8, 4) is 5.88 Å². The van der Waals surface area contributed by atoms with E-state index in [0.29, 0.717) is 11.6 Å². The molecule has 0 aliphatic heterocycles. The molecule has 1 amide bonds. The molecule has 1 fully saturated rings. The van der Waals surface area contributed by atoms with E-state index in [2.05, 4.69) is 31.1 Å². The molecule has 1 aliphatic rings. The number of aromatic hydroxyl groups is 1. The van der Waals surface area contributed by atoms with E-state index in [1.165, 1.54) is 10.6 Å². The molecule has 2 atom stereocenters. The summed E-state index contributed by atoms with van der Waals surface area (Å²) in [5.41, 5.74) is -0.397. The van der Waals surface area contributed by atoms with Gasteiger partial charge in [-0.3, -0.25) is 14.0 Å². The van der Waals surface area contributed by atoms with E-state index in [4.69, 9.17) is 0 Å². The van der Waals surface area contributed by atoms with Gasteiger partial charge in [0.05, 0.1) is 0 Å². The van der Waals surface area contributed by atoms with Crippen LogP contribution < -0.4 is 10.9 Å². The van der Waals surface area contributed by atoms with Crippen LogP contribution in [0.15, 0.2) is 29.2 Å². The molecule has 2 aromatic heterocycles. The molecule has 2 N–H and O–H groups in total. The van der Waals surface area contributed by atoms with Crippen molar-refractivity contribution in [1.29, 1.82) is 0 Å². The number of hydrogen-bond acceptors (Lipinski definition) is 4. The molecule has 2 aromatic rings. The SMILES string of the molecule is C[C@H]1C[C@@H](NC(=O)c2c(O)nc3ccccn3c2=O)CC(C)(C)C1. The maximum atomic E-state index is 12.6. The second-order valence-electron chi connectivity index (χ2n) is 7.63. The van der Waals surface area contributed by atoms with Gasteiger partial charge in [0, 0.05) is 12.2 Å². The monoisotopic (exact) mass is 329 g/mol. The molecular weight excluding hydrogens is 306 g/mol. The lowest BCUT2D eigenvalue weighted by atomic mass is 9.70. The zero-order valence-electron chi connectivity index (χ0n) is 14.2. The van der Waals surface area contributed by atoms with Gasteiger partial charge in [-0.15, -0.1) is 0 Å². The predicted octanol–water partition coefficient (Wildman–Crippen LogP) is 2.34. The van der Waals surface area contributed by atoms with Crippen LogP contribution in [0.5, 0.6) is 5.88 Å². The third-order valence-electron chi connectivity index (χ3n) is 4.66. The number of rotatable bonds is 2. The largest absolute Gasteiger partial charge is 0.493 e. The zero-order chi connectivity index (χ0) is 17.5. The van der Waals surface area contributed by atoms with Crippen LogP contribution in [0.25, 0.3) is 5.65 Å². The standard InChI is InChI=1S/C18H23N3O3/c1-11-8-12(10-18(2,3)9-11)19-15(22)14-16(23)20-13-6-4-5-7-21(13)17(14)24/h4-7,11-12,23H,8-10H2,1-3H3,(H,19,22)/t11-,12+/m0/s1. The lowest BCUT2D eigenvalue weighted by Gasteiger charge is -2.39. The highest BCUT2D eigenvalue weighted by Gasteiger charge is 2.33. The van der Waals surface area contributed by atoms with Gasteiger partial charge in [0.15, 0.2) is 5.56 Å². The average Bonchev–Trinajstić information content (AvgIpc) is 2.44. The molecule has 2 heterocycles. The first-order chi connectivity index (χ1) is 11.3. The fourth-order valence-corrected chi connectivity index (χ4v) is 3.99. The van der Waals surface area contributed by atoms with E-state index in [-0.39, 0.29) is 17.0 Å². The van der Waals surface area contributed by atoms with E-state index in [0.717, 1.165) is 19.3 Å². The van der Waals surface area contributed by atoms with Crippen molar-refractivity contribution in [1.82, 2.24) is 14.7 Å². The van der Waals surface area contributed by atoms with Gasteiger partial charge >= 0.3 is 0 Å². The fourth-order valence-electron chi connectivity index (χ4n) is 3.99. The van der Waals surface area contributed by atoms with Gasteiger partial charge in [-0.25, -0.2) is 0 Å². The third-order valence-corrected chi connectivity index (χ3v) is 4.66. The summed E-state index contributed by atoms with van der Waals surface area (Å²) in [5.74, 6) is -0.576. The molecule has 0 spiro atoms. The van der Waals surface area contributed by atoms with Gasteiger partial charge in [0.25, 0.3) is 11.5 Å². The number of fused-ring (bicyclic) bond motifs is 1. The summed E-state index contributed by atoms with van der Waals surface area (Å²) in [6, 6.07) is 4.99. The maximum absolute atomic E-state index is 12.6. The number of carbonyl (C=O) groups is 1. The number of pyridine rings is 1. The van der Waals surface area contributed by atoms with Gasteiger partial charge in [0.2, 0.25) is 5.88 Å². The highest BCUT2D eigenvalue weighted by Crippen LogP contribution is 2.38. The Morgan fingerprint density at radius 2 is 2.12 bits per heavy atom. The van der Waals surface area contributed by atoms with Crippen LogP contribution in [0.4, 0.5) is 0 Å². The molecule has 0 aromatic carbocycles. The molecule has 1 aliphatic carbocycles. The number of nitrogens with zero attached hydrogens (tertiary/aromatic N) is 2. The van der Waals surface area contributed by atoms with E-state index < -0.39 is 17.3 Å². The zero-order valence-corrected chi connectivity index (χ0v) is 14.2. The molecule has 1 saturated carbocycles. The Morgan fingerprint density at radius 3 is 2.83 bits per heavy atom. The Bertz CT molecular complexity index is 841. The van der Waals surface area contributed by atoms with E-state index in [1.54, 1.807) is 18.2 Å². The Balaban J connectivity index is 1.91.